The minimum atomic E-state index is -1.35. The van der Waals surface area contributed by atoms with Gasteiger partial charge < -0.3 is 9.84 Å². The zero-order valence-electron chi connectivity index (χ0n) is 17.9. The molecule has 10 nitrogen and oxygen atoms in total. The summed E-state index contributed by atoms with van der Waals surface area (Å²) in [5, 5.41) is 9.58. The van der Waals surface area contributed by atoms with E-state index in [9.17, 15) is 18.8 Å². The van der Waals surface area contributed by atoms with Crippen molar-refractivity contribution >= 4 is 23.3 Å². The van der Waals surface area contributed by atoms with Crippen molar-refractivity contribution in [2.24, 2.45) is 4.99 Å². The SMILES string of the molecule is O=C(O)Cn1c(=O)[nH]/c(=N\c2ccc(Oc3ncccc3F)cc2)n(Cc2ccc(Cl)cc2)c1=O. The summed E-state index contributed by atoms with van der Waals surface area (Å²) in [5.74, 6) is -1.87. The number of ether oxygens (including phenoxy) is 1. The van der Waals surface area contributed by atoms with Crippen LogP contribution in [0.25, 0.3) is 0 Å². The van der Waals surface area contributed by atoms with E-state index in [0.717, 1.165) is 4.57 Å². The number of hydrogen-bond acceptors (Lipinski definition) is 6. The Morgan fingerprint density at radius 1 is 1.09 bits per heavy atom. The van der Waals surface area contributed by atoms with Crippen LogP contribution < -0.4 is 21.7 Å². The number of aromatic amines is 1. The molecule has 0 bridgehead atoms. The van der Waals surface area contributed by atoms with Crippen LogP contribution in [0.3, 0.4) is 0 Å². The number of aromatic nitrogens is 4. The first-order valence-electron chi connectivity index (χ1n) is 10.1. The predicted molar refractivity (Wildman–Crippen MR) is 123 cm³/mol. The molecule has 0 saturated carbocycles. The van der Waals surface area contributed by atoms with E-state index in [4.69, 9.17) is 21.4 Å². The number of pyridine rings is 1. The van der Waals surface area contributed by atoms with E-state index in [1.165, 1.54) is 42.6 Å². The van der Waals surface area contributed by atoms with Crippen molar-refractivity contribution in [2.45, 2.75) is 13.1 Å². The summed E-state index contributed by atoms with van der Waals surface area (Å²) in [7, 11) is 0. The van der Waals surface area contributed by atoms with Crippen LogP contribution in [0.4, 0.5) is 10.1 Å². The second-order valence-electron chi connectivity index (χ2n) is 7.23. The number of nitrogens with one attached hydrogen (secondary N) is 1. The summed E-state index contributed by atoms with van der Waals surface area (Å²) in [6.07, 6.45) is 1.39. The maximum Gasteiger partial charge on any atom is 0.335 e. The summed E-state index contributed by atoms with van der Waals surface area (Å²) in [6, 6.07) is 15.4. The van der Waals surface area contributed by atoms with Crippen molar-refractivity contribution < 1.29 is 19.0 Å². The Labute approximate surface area is 201 Å². The van der Waals surface area contributed by atoms with Crippen LogP contribution in [-0.4, -0.2) is 30.2 Å². The second-order valence-corrected chi connectivity index (χ2v) is 7.66. The Morgan fingerprint density at radius 3 is 2.46 bits per heavy atom. The smallest absolute Gasteiger partial charge is 0.335 e. The molecule has 0 amide bonds. The van der Waals surface area contributed by atoms with E-state index in [1.807, 2.05) is 0 Å². The van der Waals surface area contributed by atoms with Gasteiger partial charge in [-0.1, -0.05) is 23.7 Å². The molecule has 12 heteroatoms. The molecule has 0 aliphatic heterocycles. The second kappa shape index (κ2) is 10.2. The zero-order chi connectivity index (χ0) is 24.9. The van der Waals surface area contributed by atoms with Gasteiger partial charge in [0.25, 0.3) is 5.88 Å². The quantitative estimate of drug-likeness (QED) is 0.403. The van der Waals surface area contributed by atoms with Gasteiger partial charge in [0, 0.05) is 11.2 Å². The molecule has 4 aromatic rings. The lowest BCUT2D eigenvalue weighted by Crippen LogP contribution is -2.50. The molecule has 0 aliphatic rings. The van der Waals surface area contributed by atoms with Gasteiger partial charge in [-0.25, -0.2) is 28.5 Å². The van der Waals surface area contributed by atoms with Crippen molar-refractivity contribution in [3.05, 3.63) is 110 Å². The number of halogens is 2. The summed E-state index contributed by atoms with van der Waals surface area (Å²) < 4.78 is 20.9. The number of carbonyl (C=O) groups is 1. The molecule has 2 N–H and O–H groups in total. The first-order chi connectivity index (χ1) is 16.8. The fourth-order valence-corrected chi connectivity index (χ4v) is 3.23. The molecular weight excluding hydrogens is 481 g/mol. The average molecular weight is 498 g/mol. The van der Waals surface area contributed by atoms with Gasteiger partial charge in [0.1, 0.15) is 12.3 Å². The lowest BCUT2D eigenvalue weighted by Gasteiger charge is -2.10. The maximum atomic E-state index is 13.8. The lowest BCUT2D eigenvalue weighted by molar-refractivity contribution is -0.137. The van der Waals surface area contributed by atoms with Crippen molar-refractivity contribution in [1.29, 1.82) is 0 Å². The molecular formula is C23H17ClFN5O5. The summed E-state index contributed by atoms with van der Waals surface area (Å²) in [4.78, 5) is 47.2. The van der Waals surface area contributed by atoms with E-state index >= 15 is 0 Å². The molecule has 35 heavy (non-hydrogen) atoms. The minimum absolute atomic E-state index is 0.00855. The van der Waals surface area contributed by atoms with Crippen molar-refractivity contribution in [3.8, 4) is 11.6 Å². The number of H-pyrrole nitrogens is 1. The van der Waals surface area contributed by atoms with Crippen LogP contribution >= 0.6 is 11.6 Å². The number of carboxylic acid groups (broad SMARTS) is 1. The van der Waals surface area contributed by atoms with E-state index in [-0.39, 0.29) is 18.0 Å². The Hall–Kier alpha value is -4.51. The largest absolute Gasteiger partial charge is 0.480 e. The molecule has 0 radical (unpaired) electrons. The van der Waals surface area contributed by atoms with Crippen LogP contribution in [0.5, 0.6) is 11.6 Å². The van der Waals surface area contributed by atoms with Crippen molar-refractivity contribution in [3.63, 3.8) is 0 Å². The normalized spacial score (nSPS) is 11.4. The number of nitrogens with zero attached hydrogens (tertiary/aromatic N) is 4. The first kappa shape index (κ1) is 23.6. The Bertz CT molecular complexity index is 1560. The molecule has 4 rings (SSSR count). The third kappa shape index (κ3) is 5.71. The van der Waals surface area contributed by atoms with E-state index in [0.29, 0.717) is 26.6 Å². The zero-order valence-corrected chi connectivity index (χ0v) is 18.6. The number of rotatable bonds is 7. The molecule has 0 aliphatic carbocycles. The highest BCUT2D eigenvalue weighted by atomic mass is 35.5. The third-order valence-corrected chi connectivity index (χ3v) is 4.99. The van der Waals surface area contributed by atoms with E-state index in [2.05, 4.69) is 15.0 Å². The minimum Gasteiger partial charge on any atom is -0.480 e. The number of aliphatic carboxylic acids is 1. The topological polar surface area (TPSA) is 132 Å². The van der Waals surface area contributed by atoms with E-state index in [1.54, 1.807) is 24.3 Å². The standard InChI is InChI=1S/C23H17ClFN5O5/c24-15-5-3-14(4-6-15)12-29-21(28-22(33)30(23(29)34)13-19(31)32)27-16-7-9-17(10-8-16)35-20-18(25)2-1-11-26-20/h1-11H,12-13H2,(H,31,32)(H,27,28,33). The molecule has 2 aromatic carbocycles. The summed E-state index contributed by atoms with van der Waals surface area (Å²) in [6.45, 7) is -0.823. The van der Waals surface area contributed by atoms with Crippen LogP contribution in [0.15, 0.2) is 81.4 Å². The van der Waals surface area contributed by atoms with Gasteiger partial charge in [-0.2, -0.15) is 0 Å². The highest BCUT2D eigenvalue weighted by molar-refractivity contribution is 6.30. The molecule has 178 valence electrons. The van der Waals surface area contributed by atoms with Crippen LogP contribution in [0.2, 0.25) is 5.02 Å². The summed E-state index contributed by atoms with van der Waals surface area (Å²) >= 11 is 5.92. The Balaban J connectivity index is 1.74. The van der Waals surface area contributed by atoms with Gasteiger partial charge in [-0.3, -0.25) is 14.3 Å². The molecule has 2 heterocycles. The van der Waals surface area contributed by atoms with Crippen molar-refractivity contribution in [2.75, 3.05) is 0 Å². The average Bonchev–Trinajstić information content (AvgIpc) is 2.83. The third-order valence-electron chi connectivity index (χ3n) is 4.74. The highest BCUT2D eigenvalue weighted by Gasteiger charge is 2.13. The molecule has 0 saturated heterocycles. The van der Waals surface area contributed by atoms with Gasteiger partial charge in [-0.05, 0) is 54.1 Å². The van der Waals surface area contributed by atoms with Crippen LogP contribution in [0, 0.1) is 5.82 Å². The molecule has 0 fully saturated rings. The Kier molecular flexibility index (Phi) is 6.88. The van der Waals surface area contributed by atoms with Crippen LogP contribution in [0.1, 0.15) is 5.56 Å². The first-order valence-corrected chi connectivity index (χ1v) is 10.5. The van der Waals surface area contributed by atoms with Gasteiger partial charge in [0.2, 0.25) is 5.62 Å². The molecule has 2 aromatic heterocycles. The fraction of sp³-hybridized carbons (Fsp3) is 0.0870. The van der Waals surface area contributed by atoms with Crippen LogP contribution in [-0.2, 0) is 17.9 Å². The van der Waals surface area contributed by atoms with Gasteiger partial charge in [-0.15, -0.1) is 0 Å². The van der Waals surface area contributed by atoms with Gasteiger partial charge >= 0.3 is 17.3 Å². The number of benzene rings is 2. The van der Waals surface area contributed by atoms with E-state index < -0.39 is 29.7 Å². The summed E-state index contributed by atoms with van der Waals surface area (Å²) in [5.41, 5.74) is -0.858. The Morgan fingerprint density at radius 2 is 1.80 bits per heavy atom. The molecule has 0 atom stereocenters. The number of carboxylic acids is 1. The number of hydrogen-bond donors (Lipinski definition) is 2. The monoisotopic (exact) mass is 497 g/mol. The maximum absolute atomic E-state index is 13.8. The van der Waals surface area contributed by atoms with Gasteiger partial charge in [0.15, 0.2) is 5.82 Å². The molecule has 0 unspecified atom stereocenters. The predicted octanol–water partition coefficient (Wildman–Crippen LogP) is 2.68. The fourth-order valence-electron chi connectivity index (χ4n) is 3.10. The van der Waals surface area contributed by atoms with Gasteiger partial charge in [0.05, 0.1) is 12.2 Å². The van der Waals surface area contributed by atoms with Crippen molar-refractivity contribution in [1.82, 2.24) is 19.1 Å². The lowest BCUT2D eigenvalue weighted by atomic mass is 10.2. The molecule has 0 spiro atoms. The highest BCUT2D eigenvalue weighted by Crippen LogP contribution is 2.24.